The number of hydrogen-bond acceptors (Lipinski definition) is 10. The van der Waals surface area contributed by atoms with Gasteiger partial charge in [0, 0.05) is 6.42 Å². The van der Waals surface area contributed by atoms with E-state index in [2.05, 4.69) is 15.1 Å². The van der Waals surface area contributed by atoms with Crippen molar-refractivity contribution in [1.29, 1.82) is 0 Å². The predicted octanol–water partition coefficient (Wildman–Crippen LogP) is -2.55. The summed E-state index contributed by atoms with van der Waals surface area (Å²) >= 11 is 0. The average molecular weight is 324 g/mol. The Hall–Kier alpha value is -1.59. The third-order valence-electron chi connectivity index (χ3n) is 5.17. The summed E-state index contributed by atoms with van der Waals surface area (Å²) in [5.74, 6) is 7.31. The van der Waals surface area contributed by atoms with Gasteiger partial charge in [0.1, 0.15) is 36.3 Å². The first-order valence-corrected chi connectivity index (χ1v) is 7.59. The van der Waals surface area contributed by atoms with E-state index in [-0.39, 0.29) is 6.04 Å². The molecule has 10 nitrogen and oxygen atoms in total. The third kappa shape index (κ3) is 1.90. The van der Waals surface area contributed by atoms with Crippen LogP contribution in [0, 0.1) is 5.41 Å². The highest BCUT2D eigenvalue weighted by Crippen LogP contribution is 2.44. The lowest BCUT2D eigenvalue weighted by atomic mass is 9.77. The molecule has 126 valence electrons. The van der Waals surface area contributed by atoms with E-state index in [1.807, 2.05) is 6.92 Å². The maximum atomic E-state index is 10.3. The van der Waals surface area contributed by atoms with Crippen LogP contribution in [0.2, 0.25) is 0 Å². The zero-order valence-electron chi connectivity index (χ0n) is 12.6. The Balaban J connectivity index is 1.75. The molecule has 6 atom stereocenters. The van der Waals surface area contributed by atoms with Gasteiger partial charge in [0.2, 0.25) is 0 Å². The standard InChI is InChI=1S/C13H20N6O4/c1-6-13-2-8(18(14)4-13)17-19(12(13)16-5-15-6)11-10(22)9(21)7(3-20)23-11/h5-7,9-11,20-22H,2-4,14H2,1H3/t6?,7-,9-,10-,11-,13?/m1/s1. The molecular weight excluding hydrogens is 304 g/mol. The van der Waals surface area contributed by atoms with Gasteiger partial charge in [-0.2, -0.15) is 5.10 Å². The fraction of sp³-hybridized carbons (Fsp3) is 0.769. The fourth-order valence-electron chi connectivity index (χ4n) is 3.72. The van der Waals surface area contributed by atoms with E-state index in [0.29, 0.717) is 24.6 Å². The lowest BCUT2D eigenvalue weighted by Crippen LogP contribution is -2.56. The molecular formula is C13H20N6O4. The number of nitrogens with two attached hydrogens (primary N) is 1. The van der Waals surface area contributed by atoms with Crippen LogP contribution >= 0.6 is 0 Å². The molecule has 1 spiro atoms. The van der Waals surface area contributed by atoms with Crippen LogP contribution in [0.25, 0.3) is 0 Å². The number of ether oxygens (including phenoxy) is 1. The van der Waals surface area contributed by atoms with Gasteiger partial charge < -0.3 is 20.1 Å². The number of nitrogens with zero attached hydrogens (tertiary/aromatic N) is 5. The summed E-state index contributed by atoms with van der Waals surface area (Å²) in [5, 5.41) is 37.1. The van der Waals surface area contributed by atoms with E-state index in [1.54, 1.807) is 5.01 Å². The first-order valence-electron chi connectivity index (χ1n) is 7.59. The number of fused-ring (bicyclic) bond motifs is 1. The van der Waals surface area contributed by atoms with Crippen LogP contribution in [0.1, 0.15) is 13.3 Å². The predicted molar refractivity (Wildman–Crippen MR) is 80.4 cm³/mol. The lowest BCUT2D eigenvalue weighted by Gasteiger charge is -2.42. The molecule has 0 saturated carbocycles. The molecule has 2 bridgehead atoms. The Bertz CT molecular complexity index is 609. The van der Waals surface area contributed by atoms with Crippen molar-refractivity contribution in [2.75, 3.05) is 13.2 Å². The summed E-state index contributed by atoms with van der Waals surface area (Å²) in [4.78, 5) is 8.74. The molecule has 2 saturated heterocycles. The molecule has 0 aromatic rings. The monoisotopic (exact) mass is 324 g/mol. The normalized spacial score (nSPS) is 45.2. The van der Waals surface area contributed by atoms with Gasteiger partial charge in [-0.15, -0.1) is 0 Å². The molecule has 4 aliphatic heterocycles. The lowest BCUT2D eigenvalue weighted by molar-refractivity contribution is -0.0750. The van der Waals surface area contributed by atoms with Crippen molar-refractivity contribution in [2.45, 2.75) is 43.9 Å². The number of hydrogen-bond donors (Lipinski definition) is 4. The Morgan fingerprint density at radius 3 is 2.91 bits per heavy atom. The zero-order chi connectivity index (χ0) is 16.4. The molecule has 0 aromatic heterocycles. The average Bonchev–Trinajstić information content (AvgIpc) is 2.97. The first-order chi connectivity index (χ1) is 11.0. The van der Waals surface area contributed by atoms with Crippen molar-refractivity contribution in [1.82, 2.24) is 10.0 Å². The van der Waals surface area contributed by atoms with Gasteiger partial charge in [-0.1, -0.05) is 0 Å². The molecule has 2 unspecified atom stereocenters. The molecule has 4 rings (SSSR count). The Morgan fingerprint density at radius 2 is 2.22 bits per heavy atom. The van der Waals surface area contributed by atoms with Gasteiger partial charge in [-0.3, -0.25) is 10.0 Å². The van der Waals surface area contributed by atoms with Gasteiger partial charge in [0.15, 0.2) is 6.23 Å². The van der Waals surface area contributed by atoms with Crippen molar-refractivity contribution in [2.24, 2.45) is 26.3 Å². The van der Waals surface area contributed by atoms with Crippen molar-refractivity contribution in [3.05, 3.63) is 0 Å². The van der Waals surface area contributed by atoms with E-state index in [0.717, 1.165) is 0 Å². The van der Waals surface area contributed by atoms with Crippen molar-refractivity contribution < 1.29 is 20.1 Å². The third-order valence-corrected chi connectivity index (χ3v) is 5.17. The van der Waals surface area contributed by atoms with Gasteiger partial charge in [0.25, 0.3) is 0 Å². The van der Waals surface area contributed by atoms with Crippen LogP contribution in [-0.2, 0) is 4.74 Å². The van der Waals surface area contributed by atoms with Crippen LogP contribution in [0.5, 0.6) is 0 Å². The second kappa shape index (κ2) is 4.95. The first kappa shape index (κ1) is 15.0. The summed E-state index contributed by atoms with van der Waals surface area (Å²) in [6.07, 6.45) is -2.11. The highest BCUT2D eigenvalue weighted by Gasteiger charge is 2.58. The number of hydrazone groups is 1. The smallest absolute Gasteiger partial charge is 0.181 e. The molecule has 5 N–H and O–H groups in total. The van der Waals surface area contributed by atoms with Gasteiger partial charge in [0.05, 0.1) is 24.6 Å². The van der Waals surface area contributed by atoms with Crippen LogP contribution in [0.3, 0.4) is 0 Å². The van der Waals surface area contributed by atoms with Crippen LogP contribution in [0.4, 0.5) is 0 Å². The summed E-state index contributed by atoms with van der Waals surface area (Å²) in [5.41, 5.74) is -0.425. The molecule has 4 heterocycles. The van der Waals surface area contributed by atoms with Gasteiger partial charge in [-0.05, 0) is 6.92 Å². The molecule has 10 heteroatoms. The van der Waals surface area contributed by atoms with Crippen LogP contribution < -0.4 is 5.84 Å². The molecule has 2 fully saturated rings. The van der Waals surface area contributed by atoms with E-state index in [1.165, 1.54) is 11.3 Å². The fourth-order valence-corrected chi connectivity index (χ4v) is 3.72. The minimum atomic E-state index is -1.21. The number of aliphatic hydroxyl groups is 3. The van der Waals surface area contributed by atoms with E-state index < -0.39 is 36.6 Å². The molecule has 0 aromatic carbocycles. The maximum Gasteiger partial charge on any atom is 0.181 e. The summed E-state index contributed by atoms with van der Waals surface area (Å²) in [6.45, 7) is 2.12. The number of rotatable bonds is 2. The molecule has 0 radical (unpaired) electrons. The second-order valence-corrected chi connectivity index (χ2v) is 6.44. The Morgan fingerprint density at radius 1 is 1.43 bits per heavy atom. The van der Waals surface area contributed by atoms with Gasteiger partial charge >= 0.3 is 0 Å². The van der Waals surface area contributed by atoms with Crippen molar-refractivity contribution in [3.8, 4) is 0 Å². The maximum absolute atomic E-state index is 10.3. The molecule has 4 aliphatic rings. The largest absolute Gasteiger partial charge is 0.394 e. The second-order valence-electron chi connectivity index (χ2n) is 6.44. The van der Waals surface area contributed by atoms with E-state index in [9.17, 15) is 15.3 Å². The number of amidine groups is 2. The van der Waals surface area contributed by atoms with Crippen LogP contribution in [0.15, 0.2) is 15.1 Å². The summed E-state index contributed by atoms with van der Waals surface area (Å²) < 4.78 is 5.60. The zero-order valence-corrected chi connectivity index (χ0v) is 12.6. The quantitative estimate of drug-likeness (QED) is 0.410. The SMILES string of the molecule is CC1N=CN=C2N([C@@H]3O[C@H](CO)[C@@H](O)[C@H]3O)N=C3CC21CN3N. The van der Waals surface area contributed by atoms with Crippen molar-refractivity contribution in [3.63, 3.8) is 0 Å². The summed E-state index contributed by atoms with van der Waals surface area (Å²) in [7, 11) is 0. The minimum absolute atomic E-state index is 0.0475. The van der Waals surface area contributed by atoms with E-state index in [4.69, 9.17) is 10.6 Å². The van der Waals surface area contributed by atoms with Crippen molar-refractivity contribution >= 4 is 18.0 Å². The Kier molecular flexibility index (Phi) is 3.22. The summed E-state index contributed by atoms with van der Waals surface area (Å²) in [6, 6.07) is -0.0475. The highest BCUT2D eigenvalue weighted by atomic mass is 16.6. The van der Waals surface area contributed by atoms with E-state index >= 15 is 0 Å². The number of aliphatic hydroxyl groups excluding tert-OH is 3. The molecule has 0 amide bonds. The van der Waals surface area contributed by atoms with Gasteiger partial charge in [-0.25, -0.2) is 15.8 Å². The topological polar surface area (TPSA) is 140 Å². The minimum Gasteiger partial charge on any atom is -0.394 e. The molecule has 0 aliphatic carbocycles. The number of aliphatic imine (C=N–C) groups is 2. The number of hydrazine groups is 1. The Labute approximate surface area is 132 Å². The van der Waals surface area contributed by atoms with Crippen LogP contribution in [-0.4, -0.2) is 87.1 Å². The molecule has 23 heavy (non-hydrogen) atoms. The highest BCUT2D eigenvalue weighted by molar-refractivity contribution is 6.04.